The molecule has 1 spiro atoms. The van der Waals surface area contributed by atoms with Crippen LogP contribution in [0.15, 0.2) is 12.4 Å². The van der Waals surface area contributed by atoms with E-state index in [1.54, 1.807) is 6.20 Å². The predicted molar refractivity (Wildman–Crippen MR) is 74.4 cm³/mol. The molecule has 2 aliphatic rings. The van der Waals surface area contributed by atoms with Crippen molar-refractivity contribution in [1.82, 2.24) is 14.7 Å². The number of carbonyl (C=O) groups is 2. The van der Waals surface area contributed by atoms with Gasteiger partial charge in [-0.1, -0.05) is 19.3 Å². The summed E-state index contributed by atoms with van der Waals surface area (Å²) in [6.45, 7) is 3.13. The van der Waals surface area contributed by atoms with Crippen molar-refractivity contribution in [2.75, 3.05) is 18.4 Å². The SMILES string of the molecule is CC(=O)Nc1cnn(C(=O)N2CC3(CCCCC3)C2)c1. The van der Waals surface area contributed by atoms with E-state index in [1.807, 2.05) is 4.90 Å². The Morgan fingerprint density at radius 2 is 1.95 bits per heavy atom. The first kappa shape index (κ1) is 13.1. The van der Waals surface area contributed by atoms with Gasteiger partial charge in [-0.25, -0.2) is 4.79 Å². The summed E-state index contributed by atoms with van der Waals surface area (Å²) in [7, 11) is 0. The maximum Gasteiger partial charge on any atom is 0.344 e. The quantitative estimate of drug-likeness (QED) is 0.854. The van der Waals surface area contributed by atoms with Gasteiger partial charge >= 0.3 is 6.03 Å². The van der Waals surface area contributed by atoms with E-state index in [9.17, 15) is 9.59 Å². The number of hydrogen-bond acceptors (Lipinski definition) is 3. The van der Waals surface area contributed by atoms with Crippen molar-refractivity contribution >= 4 is 17.6 Å². The van der Waals surface area contributed by atoms with Gasteiger partial charge in [0.25, 0.3) is 0 Å². The van der Waals surface area contributed by atoms with Crippen molar-refractivity contribution < 1.29 is 9.59 Å². The molecule has 1 saturated heterocycles. The lowest BCUT2D eigenvalue weighted by Gasteiger charge is -2.52. The third-order valence-electron chi connectivity index (χ3n) is 4.34. The monoisotopic (exact) mass is 276 g/mol. The van der Waals surface area contributed by atoms with Crippen molar-refractivity contribution in [3.05, 3.63) is 12.4 Å². The minimum Gasteiger partial charge on any atom is -0.324 e. The zero-order chi connectivity index (χ0) is 14.2. The smallest absolute Gasteiger partial charge is 0.324 e. The van der Waals surface area contributed by atoms with Crippen LogP contribution < -0.4 is 5.32 Å². The molecule has 1 N–H and O–H groups in total. The molecule has 1 aliphatic heterocycles. The van der Waals surface area contributed by atoms with Crippen molar-refractivity contribution in [2.45, 2.75) is 39.0 Å². The summed E-state index contributed by atoms with van der Waals surface area (Å²) in [5, 5.41) is 6.64. The van der Waals surface area contributed by atoms with Gasteiger partial charge in [-0.15, -0.1) is 0 Å². The van der Waals surface area contributed by atoms with Crippen LogP contribution >= 0.6 is 0 Å². The molecule has 1 saturated carbocycles. The van der Waals surface area contributed by atoms with Gasteiger partial charge in [-0.2, -0.15) is 9.78 Å². The Labute approximate surface area is 118 Å². The lowest BCUT2D eigenvalue weighted by Crippen LogP contribution is -2.60. The van der Waals surface area contributed by atoms with Gasteiger partial charge in [0.15, 0.2) is 0 Å². The molecule has 0 atom stereocenters. The zero-order valence-electron chi connectivity index (χ0n) is 11.8. The van der Waals surface area contributed by atoms with Crippen LogP contribution in [-0.2, 0) is 4.79 Å². The number of anilines is 1. The first-order valence-electron chi connectivity index (χ1n) is 7.20. The van der Waals surface area contributed by atoms with Crippen LogP contribution in [0.25, 0.3) is 0 Å². The predicted octanol–water partition coefficient (Wildman–Crippen LogP) is 2.08. The molecule has 1 aromatic heterocycles. The van der Waals surface area contributed by atoms with Crippen molar-refractivity contribution in [1.29, 1.82) is 0 Å². The molecule has 2 amide bonds. The summed E-state index contributed by atoms with van der Waals surface area (Å²) in [5.74, 6) is -0.165. The van der Waals surface area contributed by atoms with E-state index < -0.39 is 0 Å². The number of carbonyl (C=O) groups excluding carboxylic acids is 2. The molecule has 1 aromatic rings. The minimum absolute atomic E-state index is 0.0993. The Morgan fingerprint density at radius 3 is 2.60 bits per heavy atom. The number of amides is 2. The fourth-order valence-corrected chi connectivity index (χ4v) is 3.36. The van der Waals surface area contributed by atoms with Gasteiger partial charge in [-0.3, -0.25) is 4.79 Å². The summed E-state index contributed by atoms with van der Waals surface area (Å²) in [6.07, 6.45) is 9.45. The molecule has 108 valence electrons. The van der Waals surface area contributed by atoms with Gasteiger partial charge in [0.05, 0.1) is 18.1 Å². The highest BCUT2D eigenvalue weighted by atomic mass is 16.2. The van der Waals surface area contributed by atoms with Crippen LogP contribution in [0.5, 0.6) is 0 Å². The Hall–Kier alpha value is -1.85. The highest BCUT2D eigenvalue weighted by Crippen LogP contribution is 2.43. The van der Waals surface area contributed by atoms with E-state index in [0.717, 1.165) is 13.1 Å². The average Bonchev–Trinajstić information content (AvgIpc) is 2.83. The van der Waals surface area contributed by atoms with Crippen molar-refractivity contribution in [2.24, 2.45) is 5.41 Å². The van der Waals surface area contributed by atoms with E-state index in [1.165, 1.54) is 49.9 Å². The summed E-state index contributed by atoms with van der Waals surface area (Å²) in [6, 6.07) is -0.0993. The van der Waals surface area contributed by atoms with E-state index in [4.69, 9.17) is 0 Å². The van der Waals surface area contributed by atoms with Crippen LogP contribution in [0.3, 0.4) is 0 Å². The molecule has 1 aliphatic carbocycles. The topological polar surface area (TPSA) is 67.2 Å². The molecule has 2 fully saturated rings. The lowest BCUT2D eigenvalue weighted by molar-refractivity contribution is -0.114. The van der Waals surface area contributed by atoms with Gasteiger partial charge in [-0.05, 0) is 12.8 Å². The second-order valence-electron chi connectivity index (χ2n) is 6.05. The molecule has 6 nitrogen and oxygen atoms in total. The van der Waals surface area contributed by atoms with Crippen LogP contribution in [0.4, 0.5) is 10.5 Å². The van der Waals surface area contributed by atoms with Crippen LogP contribution in [-0.4, -0.2) is 39.7 Å². The molecule has 0 radical (unpaired) electrons. The van der Waals surface area contributed by atoms with Gasteiger partial charge in [0.2, 0.25) is 5.91 Å². The van der Waals surface area contributed by atoms with Crippen LogP contribution in [0, 0.1) is 5.41 Å². The van der Waals surface area contributed by atoms with Crippen LogP contribution in [0.2, 0.25) is 0 Å². The minimum atomic E-state index is -0.165. The fourth-order valence-electron chi connectivity index (χ4n) is 3.36. The number of likely N-dealkylation sites (tertiary alicyclic amines) is 1. The van der Waals surface area contributed by atoms with Gasteiger partial charge < -0.3 is 10.2 Å². The average molecular weight is 276 g/mol. The lowest BCUT2D eigenvalue weighted by atomic mass is 9.69. The number of nitrogens with one attached hydrogen (secondary N) is 1. The number of aromatic nitrogens is 2. The second kappa shape index (κ2) is 4.92. The van der Waals surface area contributed by atoms with Crippen LogP contribution in [0.1, 0.15) is 39.0 Å². The Balaban J connectivity index is 1.60. The van der Waals surface area contributed by atoms with Crippen molar-refractivity contribution in [3.8, 4) is 0 Å². The third-order valence-corrected chi connectivity index (χ3v) is 4.34. The first-order chi connectivity index (χ1) is 9.58. The molecule has 0 bridgehead atoms. The largest absolute Gasteiger partial charge is 0.344 e. The second-order valence-corrected chi connectivity index (χ2v) is 6.05. The number of hydrogen-bond donors (Lipinski definition) is 1. The first-order valence-corrected chi connectivity index (χ1v) is 7.20. The molecule has 20 heavy (non-hydrogen) atoms. The Kier molecular flexibility index (Phi) is 3.23. The summed E-state index contributed by atoms with van der Waals surface area (Å²) in [4.78, 5) is 25.1. The fraction of sp³-hybridized carbons (Fsp3) is 0.643. The Morgan fingerprint density at radius 1 is 1.25 bits per heavy atom. The summed E-state index contributed by atoms with van der Waals surface area (Å²) in [5.41, 5.74) is 0.931. The summed E-state index contributed by atoms with van der Waals surface area (Å²) < 4.78 is 1.31. The van der Waals surface area contributed by atoms with Crippen molar-refractivity contribution in [3.63, 3.8) is 0 Å². The number of nitrogens with zero attached hydrogens (tertiary/aromatic N) is 3. The maximum absolute atomic E-state index is 12.3. The van der Waals surface area contributed by atoms with E-state index in [-0.39, 0.29) is 11.9 Å². The molecule has 0 aromatic carbocycles. The normalized spacial score (nSPS) is 20.6. The van der Waals surface area contributed by atoms with E-state index in [0.29, 0.717) is 11.1 Å². The highest BCUT2D eigenvalue weighted by molar-refractivity contribution is 5.89. The standard InChI is InChI=1S/C14H20N4O2/c1-11(19)16-12-7-15-18(8-12)13(20)17-9-14(10-17)5-3-2-4-6-14/h7-8H,2-6,9-10H2,1H3,(H,16,19). The van der Waals surface area contributed by atoms with Gasteiger partial charge in [0, 0.05) is 25.4 Å². The third kappa shape index (κ3) is 2.42. The maximum atomic E-state index is 12.3. The molecule has 0 unspecified atom stereocenters. The molecule has 2 heterocycles. The summed E-state index contributed by atoms with van der Waals surface area (Å²) >= 11 is 0. The highest BCUT2D eigenvalue weighted by Gasteiger charge is 2.45. The molecule has 3 rings (SSSR count). The Bertz CT molecular complexity index is 523. The number of rotatable bonds is 1. The molecular weight excluding hydrogens is 256 g/mol. The van der Waals surface area contributed by atoms with Gasteiger partial charge in [0.1, 0.15) is 0 Å². The zero-order valence-corrected chi connectivity index (χ0v) is 11.8. The molecule has 6 heteroatoms. The molecular formula is C14H20N4O2. The van der Waals surface area contributed by atoms with E-state index >= 15 is 0 Å². The van der Waals surface area contributed by atoms with E-state index in [2.05, 4.69) is 10.4 Å².